The highest BCUT2D eigenvalue weighted by molar-refractivity contribution is 5.89. The van der Waals surface area contributed by atoms with Crippen LogP contribution in [0.15, 0.2) is 61.3 Å². The summed E-state index contributed by atoms with van der Waals surface area (Å²) < 4.78 is 0. The molecule has 1 aliphatic carbocycles. The number of nitrogens with one attached hydrogen (secondary N) is 1. The van der Waals surface area contributed by atoms with Gasteiger partial charge in [0.05, 0.1) is 0 Å². The van der Waals surface area contributed by atoms with Crippen molar-refractivity contribution in [2.24, 2.45) is 0 Å². The molecule has 2 aliphatic rings. The van der Waals surface area contributed by atoms with Gasteiger partial charge in [-0.3, -0.25) is 4.90 Å². The second kappa shape index (κ2) is 4.84. The minimum atomic E-state index is 0.465. The maximum atomic E-state index is 3.97. The Bertz CT molecular complexity index is 905. The molecule has 114 valence electrons. The number of fused-ring (bicyclic) bond motifs is 4. The summed E-state index contributed by atoms with van der Waals surface area (Å²) in [6.07, 6.45) is 5.36. The van der Waals surface area contributed by atoms with Crippen LogP contribution in [0.5, 0.6) is 0 Å². The first-order valence-corrected chi connectivity index (χ1v) is 8.38. The van der Waals surface area contributed by atoms with E-state index in [2.05, 4.69) is 65.1 Å². The van der Waals surface area contributed by atoms with Gasteiger partial charge in [0.25, 0.3) is 0 Å². The van der Waals surface area contributed by atoms with Crippen LogP contribution in [0.3, 0.4) is 0 Å². The van der Waals surface area contributed by atoms with Gasteiger partial charge in [0, 0.05) is 42.1 Å². The first kappa shape index (κ1) is 13.1. The second-order valence-electron chi connectivity index (χ2n) is 6.75. The highest BCUT2D eigenvalue weighted by Gasteiger charge is 2.39. The molecule has 0 spiro atoms. The van der Waals surface area contributed by atoms with Gasteiger partial charge in [0.15, 0.2) is 0 Å². The molecule has 0 saturated heterocycles. The summed E-state index contributed by atoms with van der Waals surface area (Å²) in [6, 6.07) is 16.2. The van der Waals surface area contributed by atoms with Gasteiger partial charge in [-0.15, -0.1) is 6.58 Å². The van der Waals surface area contributed by atoms with E-state index in [-0.39, 0.29) is 0 Å². The largest absolute Gasteiger partial charge is 0.361 e. The van der Waals surface area contributed by atoms with E-state index in [9.17, 15) is 0 Å². The maximum Gasteiger partial charge on any atom is 0.0459 e. The van der Waals surface area contributed by atoms with E-state index >= 15 is 0 Å². The fourth-order valence-electron chi connectivity index (χ4n) is 4.65. The molecule has 23 heavy (non-hydrogen) atoms. The van der Waals surface area contributed by atoms with Gasteiger partial charge in [-0.1, -0.05) is 42.5 Å². The molecule has 2 heteroatoms. The third-order valence-electron chi connectivity index (χ3n) is 5.56. The molecule has 2 nitrogen and oxygen atoms in total. The van der Waals surface area contributed by atoms with Gasteiger partial charge in [-0.25, -0.2) is 0 Å². The van der Waals surface area contributed by atoms with E-state index in [0.717, 1.165) is 19.5 Å². The second-order valence-corrected chi connectivity index (χ2v) is 6.75. The predicted octanol–water partition coefficient (Wildman–Crippen LogP) is 4.23. The molecule has 3 aromatic rings. The van der Waals surface area contributed by atoms with Gasteiger partial charge in [-0.05, 0) is 34.7 Å². The average molecular weight is 300 g/mol. The lowest BCUT2D eigenvalue weighted by molar-refractivity contribution is 0.171. The molecule has 0 unspecified atom stereocenters. The molecule has 5 rings (SSSR count). The standard InChI is InChI=1S/C21H20N2/c1-2-10-23-13-14-6-3-4-7-16(14)21-17-8-5-9-18-20(17)15(12-22-18)11-19(21)23/h2-9,12,19,21-22H,1,10-11,13H2/t19-,21-/m1/s1. The lowest BCUT2D eigenvalue weighted by Gasteiger charge is -2.44. The van der Waals surface area contributed by atoms with Gasteiger partial charge in [0.1, 0.15) is 0 Å². The van der Waals surface area contributed by atoms with Crippen LogP contribution >= 0.6 is 0 Å². The third kappa shape index (κ3) is 1.79. The van der Waals surface area contributed by atoms with E-state index < -0.39 is 0 Å². The molecule has 0 saturated carbocycles. The monoisotopic (exact) mass is 300 g/mol. The summed E-state index contributed by atoms with van der Waals surface area (Å²) in [5.74, 6) is 0.465. The molecule has 1 aromatic heterocycles. The molecule has 2 heterocycles. The Morgan fingerprint density at radius 3 is 2.87 bits per heavy atom. The molecule has 0 radical (unpaired) electrons. The summed E-state index contributed by atoms with van der Waals surface area (Å²) in [7, 11) is 0. The van der Waals surface area contributed by atoms with E-state index in [1.165, 1.54) is 33.2 Å². The van der Waals surface area contributed by atoms with Gasteiger partial charge < -0.3 is 4.98 Å². The summed E-state index contributed by atoms with van der Waals surface area (Å²) >= 11 is 0. The van der Waals surface area contributed by atoms with Crippen molar-refractivity contribution in [3.05, 3.63) is 83.6 Å². The predicted molar refractivity (Wildman–Crippen MR) is 94.7 cm³/mol. The Hall–Kier alpha value is -2.32. The molecule has 0 fully saturated rings. The number of nitrogens with zero attached hydrogens (tertiary/aromatic N) is 1. The summed E-state index contributed by atoms with van der Waals surface area (Å²) in [4.78, 5) is 6.05. The zero-order chi connectivity index (χ0) is 15.4. The SMILES string of the molecule is C=CCN1Cc2ccccc2[C@@H]2c3cccc4[nH]cc(c34)C[C@H]21. The number of rotatable bonds is 2. The molecule has 0 bridgehead atoms. The van der Waals surface area contributed by atoms with Crippen LogP contribution in [-0.4, -0.2) is 22.5 Å². The minimum absolute atomic E-state index is 0.465. The zero-order valence-corrected chi connectivity index (χ0v) is 13.1. The molecule has 1 N–H and O–H groups in total. The smallest absolute Gasteiger partial charge is 0.0459 e. The molecule has 0 amide bonds. The van der Waals surface area contributed by atoms with Crippen molar-refractivity contribution in [2.75, 3.05) is 6.54 Å². The lowest BCUT2D eigenvalue weighted by Crippen LogP contribution is -2.46. The summed E-state index contributed by atoms with van der Waals surface area (Å²) in [6.45, 7) is 5.95. The van der Waals surface area contributed by atoms with Crippen molar-refractivity contribution >= 4 is 10.9 Å². The van der Waals surface area contributed by atoms with Crippen LogP contribution < -0.4 is 0 Å². The van der Waals surface area contributed by atoms with Crippen molar-refractivity contribution in [1.29, 1.82) is 0 Å². The Morgan fingerprint density at radius 1 is 1.09 bits per heavy atom. The van der Waals surface area contributed by atoms with Crippen LogP contribution in [0.25, 0.3) is 10.9 Å². The Morgan fingerprint density at radius 2 is 1.96 bits per heavy atom. The number of aromatic nitrogens is 1. The fraction of sp³-hybridized carbons (Fsp3) is 0.238. The normalized spacial score (nSPS) is 22.6. The van der Waals surface area contributed by atoms with E-state index in [1.807, 2.05) is 6.08 Å². The number of aromatic amines is 1. The highest BCUT2D eigenvalue weighted by atomic mass is 15.2. The summed E-state index contributed by atoms with van der Waals surface area (Å²) in [5.41, 5.74) is 7.19. The number of hydrogen-bond donors (Lipinski definition) is 1. The van der Waals surface area contributed by atoms with Crippen molar-refractivity contribution in [3.63, 3.8) is 0 Å². The fourth-order valence-corrected chi connectivity index (χ4v) is 4.65. The Balaban J connectivity index is 1.78. The van der Waals surface area contributed by atoms with E-state index in [4.69, 9.17) is 0 Å². The number of H-pyrrole nitrogens is 1. The maximum absolute atomic E-state index is 3.97. The topological polar surface area (TPSA) is 19.0 Å². The van der Waals surface area contributed by atoms with Crippen molar-refractivity contribution in [1.82, 2.24) is 9.88 Å². The van der Waals surface area contributed by atoms with E-state index in [0.29, 0.717) is 12.0 Å². The first-order valence-electron chi connectivity index (χ1n) is 8.38. The van der Waals surface area contributed by atoms with Gasteiger partial charge in [-0.2, -0.15) is 0 Å². The van der Waals surface area contributed by atoms with Crippen molar-refractivity contribution in [3.8, 4) is 0 Å². The average Bonchev–Trinajstić information content (AvgIpc) is 3.00. The third-order valence-corrected chi connectivity index (χ3v) is 5.56. The number of benzene rings is 2. The van der Waals surface area contributed by atoms with Crippen LogP contribution in [0.1, 0.15) is 28.2 Å². The zero-order valence-electron chi connectivity index (χ0n) is 13.1. The highest BCUT2D eigenvalue weighted by Crippen LogP contribution is 2.46. The van der Waals surface area contributed by atoms with Crippen LogP contribution in [0.2, 0.25) is 0 Å². The molecular formula is C21H20N2. The molecule has 1 aliphatic heterocycles. The first-order chi connectivity index (χ1) is 11.4. The van der Waals surface area contributed by atoms with E-state index in [1.54, 1.807) is 0 Å². The quantitative estimate of drug-likeness (QED) is 0.702. The Kier molecular flexibility index (Phi) is 2.77. The molecular weight excluding hydrogens is 280 g/mol. The van der Waals surface area contributed by atoms with Crippen LogP contribution in [0.4, 0.5) is 0 Å². The van der Waals surface area contributed by atoms with Crippen molar-refractivity contribution < 1.29 is 0 Å². The van der Waals surface area contributed by atoms with Crippen LogP contribution in [0, 0.1) is 0 Å². The van der Waals surface area contributed by atoms with Gasteiger partial charge in [0.2, 0.25) is 0 Å². The summed E-state index contributed by atoms with van der Waals surface area (Å²) in [5, 5.41) is 1.45. The number of hydrogen-bond acceptors (Lipinski definition) is 1. The van der Waals surface area contributed by atoms with Gasteiger partial charge >= 0.3 is 0 Å². The lowest BCUT2D eigenvalue weighted by atomic mass is 9.72. The molecule has 2 atom stereocenters. The van der Waals surface area contributed by atoms with Crippen LogP contribution in [-0.2, 0) is 13.0 Å². The molecule has 2 aromatic carbocycles. The minimum Gasteiger partial charge on any atom is -0.361 e. The van der Waals surface area contributed by atoms with Crippen molar-refractivity contribution in [2.45, 2.75) is 24.9 Å². The Labute approximate surface area is 136 Å².